The van der Waals surface area contributed by atoms with E-state index in [9.17, 15) is 4.39 Å². The van der Waals surface area contributed by atoms with Crippen molar-refractivity contribution in [1.29, 1.82) is 0 Å². The summed E-state index contributed by atoms with van der Waals surface area (Å²) in [5, 5.41) is 4.05. The smallest absolute Gasteiger partial charge is 0.155 e. The van der Waals surface area contributed by atoms with Crippen molar-refractivity contribution in [3.05, 3.63) is 30.0 Å². The van der Waals surface area contributed by atoms with E-state index in [1.54, 1.807) is 6.07 Å². The quantitative estimate of drug-likeness (QED) is 0.726. The third-order valence-electron chi connectivity index (χ3n) is 1.71. The van der Waals surface area contributed by atoms with Crippen LogP contribution in [0.2, 0.25) is 0 Å². The summed E-state index contributed by atoms with van der Waals surface area (Å²) in [7, 11) is 0. The van der Waals surface area contributed by atoms with Gasteiger partial charge in [0, 0.05) is 6.42 Å². The van der Waals surface area contributed by atoms with E-state index in [0.29, 0.717) is 24.4 Å². The van der Waals surface area contributed by atoms with Crippen LogP contribution in [-0.2, 0) is 6.42 Å². The van der Waals surface area contributed by atoms with Gasteiger partial charge in [0.1, 0.15) is 5.82 Å². The molecule has 2 rings (SSSR count). The molecule has 13 heavy (non-hydrogen) atoms. The molecule has 0 radical (unpaired) electrons. The highest BCUT2D eigenvalue weighted by molar-refractivity contribution is 5.36. The first-order valence-corrected chi connectivity index (χ1v) is 4.00. The maximum atomic E-state index is 12.7. The molecular weight excluding hydrogens is 171 g/mol. The van der Waals surface area contributed by atoms with Gasteiger partial charge in [-0.2, -0.15) is 5.10 Å². The predicted octanol–water partition coefficient (Wildman–Crippen LogP) is 0.370. The minimum absolute atomic E-state index is 0.323. The number of aromatic nitrogens is 3. The molecule has 0 aliphatic rings. The lowest BCUT2D eigenvalue weighted by Gasteiger charge is -1.88. The highest BCUT2D eigenvalue weighted by Crippen LogP contribution is 2.03. The zero-order chi connectivity index (χ0) is 9.26. The zero-order valence-electron chi connectivity index (χ0n) is 6.94. The number of pyridine rings is 1. The molecule has 2 aromatic rings. The summed E-state index contributed by atoms with van der Waals surface area (Å²) in [4.78, 5) is 4.15. The molecule has 0 aliphatic heterocycles. The first kappa shape index (κ1) is 8.12. The van der Waals surface area contributed by atoms with Crippen LogP contribution in [0.3, 0.4) is 0 Å². The number of rotatable bonds is 2. The Kier molecular flexibility index (Phi) is 1.94. The van der Waals surface area contributed by atoms with Gasteiger partial charge in [0.05, 0.1) is 6.20 Å². The van der Waals surface area contributed by atoms with Gasteiger partial charge in [0.25, 0.3) is 0 Å². The molecule has 5 heteroatoms. The highest BCUT2D eigenvalue weighted by atomic mass is 19.1. The van der Waals surface area contributed by atoms with E-state index in [1.165, 1.54) is 16.8 Å². The zero-order valence-corrected chi connectivity index (χ0v) is 6.94. The summed E-state index contributed by atoms with van der Waals surface area (Å²) in [6.45, 7) is 0.499. The van der Waals surface area contributed by atoms with Gasteiger partial charge in [0.15, 0.2) is 11.5 Å². The van der Waals surface area contributed by atoms with Crippen LogP contribution in [0.1, 0.15) is 5.82 Å². The monoisotopic (exact) mass is 180 g/mol. The normalized spacial score (nSPS) is 10.9. The van der Waals surface area contributed by atoms with Crippen LogP contribution in [0.25, 0.3) is 5.65 Å². The van der Waals surface area contributed by atoms with Crippen LogP contribution in [0.4, 0.5) is 4.39 Å². The van der Waals surface area contributed by atoms with Crippen molar-refractivity contribution < 1.29 is 4.39 Å². The summed E-state index contributed by atoms with van der Waals surface area (Å²) in [5.74, 6) is 0.324. The highest BCUT2D eigenvalue weighted by Gasteiger charge is 2.02. The molecule has 0 saturated heterocycles. The van der Waals surface area contributed by atoms with Crippen molar-refractivity contribution in [2.45, 2.75) is 6.42 Å². The molecule has 0 spiro atoms. The summed E-state index contributed by atoms with van der Waals surface area (Å²) in [5.41, 5.74) is 5.99. The number of nitrogens with zero attached hydrogens (tertiary/aromatic N) is 3. The van der Waals surface area contributed by atoms with Crippen molar-refractivity contribution in [2.75, 3.05) is 6.54 Å². The fourth-order valence-corrected chi connectivity index (χ4v) is 1.14. The molecule has 2 heterocycles. The second-order valence-corrected chi connectivity index (χ2v) is 2.72. The van der Waals surface area contributed by atoms with E-state index in [-0.39, 0.29) is 5.82 Å². The fraction of sp³-hybridized carbons (Fsp3) is 0.250. The molecule has 0 bridgehead atoms. The first-order valence-electron chi connectivity index (χ1n) is 4.00. The second kappa shape index (κ2) is 3.10. The molecule has 2 aromatic heterocycles. The first-order chi connectivity index (χ1) is 6.29. The number of hydrogen-bond acceptors (Lipinski definition) is 3. The maximum absolute atomic E-state index is 12.7. The van der Waals surface area contributed by atoms with E-state index in [2.05, 4.69) is 10.1 Å². The molecule has 0 aliphatic carbocycles. The summed E-state index contributed by atoms with van der Waals surface area (Å²) < 4.78 is 14.1. The Morgan fingerprint density at radius 1 is 1.46 bits per heavy atom. The number of fused-ring (bicyclic) bond motifs is 1. The lowest BCUT2D eigenvalue weighted by atomic mass is 10.4. The molecule has 0 unspecified atom stereocenters. The Morgan fingerprint density at radius 3 is 3.08 bits per heavy atom. The van der Waals surface area contributed by atoms with Gasteiger partial charge in [-0.1, -0.05) is 0 Å². The van der Waals surface area contributed by atoms with E-state index in [1.807, 2.05) is 0 Å². The second-order valence-electron chi connectivity index (χ2n) is 2.72. The average molecular weight is 180 g/mol. The van der Waals surface area contributed by atoms with Crippen LogP contribution >= 0.6 is 0 Å². The average Bonchev–Trinajstić information content (AvgIpc) is 2.46. The van der Waals surface area contributed by atoms with Crippen LogP contribution < -0.4 is 5.73 Å². The minimum atomic E-state index is -0.323. The standard InChI is InChI=1S/C8H9FN4/c9-6-1-2-8-11-7(3-4-10)12-13(8)5-6/h1-2,5H,3-4,10H2. The molecule has 4 nitrogen and oxygen atoms in total. The third-order valence-corrected chi connectivity index (χ3v) is 1.71. The maximum Gasteiger partial charge on any atom is 0.155 e. The van der Waals surface area contributed by atoms with Crippen LogP contribution in [0.5, 0.6) is 0 Å². The topological polar surface area (TPSA) is 56.2 Å². The SMILES string of the molecule is NCCc1nc2ccc(F)cn2n1. The van der Waals surface area contributed by atoms with Gasteiger partial charge in [-0.3, -0.25) is 0 Å². The van der Waals surface area contributed by atoms with Crippen LogP contribution in [0.15, 0.2) is 18.3 Å². The van der Waals surface area contributed by atoms with Crippen LogP contribution in [-0.4, -0.2) is 21.1 Å². The van der Waals surface area contributed by atoms with Gasteiger partial charge in [-0.25, -0.2) is 13.9 Å². The third kappa shape index (κ3) is 1.50. The Morgan fingerprint density at radius 2 is 2.31 bits per heavy atom. The van der Waals surface area contributed by atoms with Gasteiger partial charge >= 0.3 is 0 Å². The van der Waals surface area contributed by atoms with E-state index in [0.717, 1.165) is 0 Å². The molecule has 0 amide bonds. The summed E-state index contributed by atoms with van der Waals surface area (Å²) in [6.07, 6.45) is 1.91. The molecule has 68 valence electrons. The number of halogens is 1. The van der Waals surface area contributed by atoms with Crippen molar-refractivity contribution in [1.82, 2.24) is 14.6 Å². The van der Waals surface area contributed by atoms with Crippen molar-refractivity contribution in [3.8, 4) is 0 Å². The summed E-state index contributed by atoms with van der Waals surface area (Å²) >= 11 is 0. The molecule has 0 atom stereocenters. The van der Waals surface area contributed by atoms with Crippen molar-refractivity contribution >= 4 is 5.65 Å². The summed E-state index contributed by atoms with van der Waals surface area (Å²) in [6, 6.07) is 2.94. The Bertz CT molecular complexity index is 423. The fourth-order valence-electron chi connectivity index (χ4n) is 1.14. The lowest BCUT2D eigenvalue weighted by molar-refractivity contribution is 0.614. The Hall–Kier alpha value is -1.49. The largest absolute Gasteiger partial charge is 0.330 e. The predicted molar refractivity (Wildman–Crippen MR) is 45.7 cm³/mol. The molecule has 2 N–H and O–H groups in total. The molecular formula is C8H9FN4. The number of hydrogen-bond donors (Lipinski definition) is 1. The van der Waals surface area contributed by atoms with E-state index >= 15 is 0 Å². The molecule has 0 fully saturated rings. The van der Waals surface area contributed by atoms with E-state index in [4.69, 9.17) is 5.73 Å². The van der Waals surface area contributed by atoms with Gasteiger partial charge < -0.3 is 5.73 Å². The van der Waals surface area contributed by atoms with Gasteiger partial charge in [0.2, 0.25) is 0 Å². The lowest BCUT2D eigenvalue weighted by Crippen LogP contribution is -2.04. The Balaban J connectivity index is 2.49. The Labute approximate surface area is 74.2 Å². The van der Waals surface area contributed by atoms with Gasteiger partial charge in [-0.05, 0) is 18.7 Å². The van der Waals surface area contributed by atoms with Crippen molar-refractivity contribution in [3.63, 3.8) is 0 Å². The minimum Gasteiger partial charge on any atom is -0.330 e. The van der Waals surface area contributed by atoms with Crippen molar-refractivity contribution in [2.24, 2.45) is 5.73 Å². The van der Waals surface area contributed by atoms with E-state index < -0.39 is 0 Å². The molecule has 0 saturated carbocycles. The van der Waals surface area contributed by atoms with Gasteiger partial charge in [-0.15, -0.1) is 0 Å². The number of nitrogens with two attached hydrogens (primary N) is 1. The van der Waals surface area contributed by atoms with Crippen LogP contribution in [0, 0.1) is 5.82 Å². The molecule has 0 aromatic carbocycles.